The molecule has 1 aliphatic carbocycles. The zero-order chi connectivity index (χ0) is 17.8. The molecular weight excluding hydrogens is 338 g/mol. The summed E-state index contributed by atoms with van der Waals surface area (Å²) in [6.07, 6.45) is 2.19. The van der Waals surface area contributed by atoms with Gasteiger partial charge in [0.25, 0.3) is 0 Å². The van der Waals surface area contributed by atoms with Crippen molar-refractivity contribution in [2.75, 3.05) is 14.2 Å². The number of carbonyl (C=O) groups is 1. The molecular formula is C20H22ClNO3. The number of amides is 1. The quantitative estimate of drug-likeness (QED) is 0.807. The first-order valence-corrected chi connectivity index (χ1v) is 8.74. The van der Waals surface area contributed by atoms with Crippen molar-refractivity contribution >= 4 is 17.5 Å². The Bertz CT molecular complexity index is 741. The highest BCUT2D eigenvalue weighted by Gasteiger charge is 2.37. The van der Waals surface area contributed by atoms with Gasteiger partial charge in [-0.05, 0) is 54.2 Å². The molecule has 132 valence electrons. The van der Waals surface area contributed by atoms with Gasteiger partial charge in [0, 0.05) is 11.6 Å². The fourth-order valence-electron chi connectivity index (χ4n) is 3.03. The first kappa shape index (κ1) is 17.6. The molecule has 5 heteroatoms. The molecule has 2 aromatic rings. The predicted molar refractivity (Wildman–Crippen MR) is 98.3 cm³/mol. The molecule has 1 saturated carbocycles. The Morgan fingerprint density at radius 3 is 2.40 bits per heavy atom. The highest BCUT2D eigenvalue weighted by molar-refractivity contribution is 6.30. The zero-order valence-corrected chi connectivity index (χ0v) is 15.2. The van der Waals surface area contributed by atoms with Crippen LogP contribution in [0.4, 0.5) is 0 Å². The van der Waals surface area contributed by atoms with Crippen LogP contribution in [0.5, 0.6) is 11.5 Å². The molecule has 1 aliphatic rings. The van der Waals surface area contributed by atoms with E-state index in [0.717, 1.165) is 24.0 Å². The number of rotatable bonds is 7. The number of ether oxygens (including phenoxy) is 2. The molecule has 3 rings (SSSR count). The maximum atomic E-state index is 12.8. The summed E-state index contributed by atoms with van der Waals surface area (Å²) in [6.45, 7) is 0.454. The first-order chi connectivity index (χ1) is 12.1. The summed E-state index contributed by atoms with van der Waals surface area (Å²) in [5.41, 5.74) is 1.99. The van der Waals surface area contributed by atoms with Crippen LogP contribution in [-0.2, 0) is 11.3 Å². The molecule has 0 spiro atoms. The molecule has 0 aliphatic heterocycles. The minimum absolute atomic E-state index is 0.0552. The molecule has 0 aromatic heterocycles. The van der Waals surface area contributed by atoms with Crippen molar-refractivity contribution in [1.82, 2.24) is 5.32 Å². The van der Waals surface area contributed by atoms with Crippen molar-refractivity contribution in [2.24, 2.45) is 5.92 Å². The number of benzene rings is 2. The first-order valence-electron chi connectivity index (χ1n) is 8.36. The highest BCUT2D eigenvalue weighted by Crippen LogP contribution is 2.43. The molecule has 1 atom stereocenters. The summed E-state index contributed by atoms with van der Waals surface area (Å²) in [5, 5.41) is 3.74. The number of hydrogen-bond donors (Lipinski definition) is 1. The standard InChI is InChI=1S/C20H22ClNO3/c1-24-17-10-3-13(11-18(17)25-2)12-22-20(23)19(14-4-5-14)15-6-8-16(21)9-7-15/h3,6-11,14,19H,4-5,12H2,1-2H3,(H,22,23). The fourth-order valence-corrected chi connectivity index (χ4v) is 3.15. The van der Waals surface area contributed by atoms with E-state index in [0.29, 0.717) is 29.0 Å². The van der Waals surface area contributed by atoms with Gasteiger partial charge in [-0.25, -0.2) is 0 Å². The van der Waals surface area contributed by atoms with Crippen LogP contribution in [0.25, 0.3) is 0 Å². The van der Waals surface area contributed by atoms with Crippen molar-refractivity contribution in [3.63, 3.8) is 0 Å². The minimum Gasteiger partial charge on any atom is -0.493 e. The lowest BCUT2D eigenvalue weighted by Crippen LogP contribution is -2.30. The summed E-state index contributed by atoms with van der Waals surface area (Å²) in [4.78, 5) is 12.8. The van der Waals surface area contributed by atoms with E-state index in [2.05, 4.69) is 5.32 Å². The van der Waals surface area contributed by atoms with Crippen LogP contribution in [0.15, 0.2) is 42.5 Å². The molecule has 0 bridgehead atoms. The highest BCUT2D eigenvalue weighted by atomic mass is 35.5. The second-order valence-corrected chi connectivity index (χ2v) is 6.71. The van der Waals surface area contributed by atoms with Gasteiger partial charge in [0.1, 0.15) is 0 Å². The maximum Gasteiger partial charge on any atom is 0.228 e. The lowest BCUT2D eigenvalue weighted by atomic mass is 9.93. The van der Waals surface area contributed by atoms with Gasteiger partial charge in [0.2, 0.25) is 5.91 Å². The van der Waals surface area contributed by atoms with E-state index in [9.17, 15) is 4.79 Å². The van der Waals surface area contributed by atoms with Crippen LogP contribution < -0.4 is 14.8 Å². The third kappa shape index (κ3) is 4.26. The Balaban J connectivity index is 1.69. The van der Waals surface area contributed by atoms with Crippen molar-refractivity contribution in [3.05, 3.63) is 58.6 Å². The molecule has 0 radical (unpaired) electrons. The average molecular weight is 360 g/mol. The number of nitrogens with one attached hydrogen (secondary N) is 1. The Morgan fingerprint density at radius 2 is 1.80 bits per heavy atom. The lowest BCUT2D eigenvalue weighted by Gasteiger charge is -2.17. The van der Waals surface area contributed by atoms with Gasteiger partial charge in [-0.3, -0.25) is 4.79 Å². The van der Waals surface area contributed by atoms with E-state index < -0.39 is 0 Å². The Morgan fingerprint density at radius 1 is 1.12 bits per heavy atom. The van der Waals surface area contributed by atoms with Crippen molar-refractivity contribution < 1.29 is 14.3 Å². The predicted octanol–water partition coefficient (Wildman–Crippen LogP) is 4.17. The summed E-state index contributed by atoms with van der Waals surface area (Å²) in [6, 6.07) is 13.2. The van der Waals surface area contributed by atoms with Crippen LogP contribution in [0.1, 0.15) is 29.9 Å². The van der Waals surface area contributed by atoms with Crippen LogP contribution in [-0.4, -0.2) is 20.1 Å². The van der Waals surface area contributed by atoms with Gasteiger partial charge in [-0.1, -0.05) is 29.8 Å². The van der Waals surface area contributed by atoms with Crippen molar-refractivity contribution in [2.45, 2.75) is 25.3 Å². The van der Waals surface area contributed by atoms with E-state index in [-0.39, 0.29) is 11.8 Å². The number of methoxy groups -OCH3 is 2. The van der Waals surface area contributed by atoms with Crippen LogP contribution in [0.3, 0.4) is 0 Å². The van der Waals surface area contributed by atoms with Gasteiger partial charge in [0.05, 0.1) is 20.1 Å². The normalized spacial score (nSPS) is 14.7. The summed E-state index contributed by atoms with van der Waals surface area (Å²) >= 11 is 5.96. The Labute approximate surface area is 153 Å². The molecule has 1 amide bonds. The Kier molecular flexibility index (Phi) is 5.49. The van der Waals surface area contributed by atoms with Crippen LogP contribution in [0.2, 0.25) is 5.02 Å². The molecule has 1 N–H and O–H groups in total. The summed E-state index contributed by atoms with van der Waals surface area (Å²) in [7, 11) is 3.20. The molecule has 2 aromatic carbocycles. The fraction of sp³-hybridized carbons (Fsp3) is 0.350. The maximum absolute atomic E-state index is 12.8. The number of hydrogen-bond acceptors (Lipinski definition) is 3. The number of halogens is 1. The van der Waals surface area contributed by atoms with Crippen LogP contribution >= 0.6 is 11.6 Å². The molecule has 1 fully saturated rings. The van der Waals surface area contributed by atoms with Gasteiger partial charge < -0.3 is 14.8 Å². The van der Waals surface area contributed by atoms with E-state index >= 15 is 0 Å². The van der Waals surface area contributed by atoms with Crippen molar-refractivity contribution in [3.8, 4) is 11.5 Å². The second kappa shape index (κ2) is 7.79. The lowest BCUT2D eigenvalue weighted by molar-refractivity contribution is -0.123. The van der Waals surface area contributed by atoms with Crippen LogP contribution in [0, 0.1) is 5.92 Å². The monoisotopic (exact) mass is 359 g/mol. The summed E-state index contributed by atoms with van der Waals surface area (Å²) in [5.74, 6) is 1.70. The van der Waals surface area contributed by atoms with Gasteiger partial charge in [0.15, 0.2) is 11.5 Å². The van der Waals surface area contributed by atoms with E-state index in [1.165, 1.54) is 0 Å². The van der Waals surface area contributed by atoms with E-state index in [4.69, 9.17) is 21.1 Å². The Hall–Kier alpha value is -2.20. The smallest absolute Gasteiger partial charge is 0.228 e. The third-order valence-electron chi connectivity index (χ3n) is 4.52. The topological polar surface area (TPSA) is 47.6 Å². The van der Waals surface area contributed by atoms with Gasteiger partial charge >= 0.3 is 0 Å². The molecule has 25 heavy (non-hydrogen) atoms. The van der Waals surface area contributed by atoms with Crippen molar-refractivity contribution in [1.29, 1.82) is 0 Å². The van der Waals surface area contributed by atoms with Gasteiger partial charge in [-0.2, -0.15) is 0 Å². The molecule has 0 heterocycles. The average Bonchev–Trinajstić information content (AvgIpc) is 3.46. The van der Waals surface area contributed by atoms with E-state index in [1.807, 2.05) is 42.5 Å². The largest absolute Gasteiger partial charge is 0.493 e. The molecule has 1 unspecified atom stereocenters. The van der Waals surface area contributed by atoms with Gasteiger partial charge in [-0.15, -0.1) is 0 Å². The molecule has 4 nitrogen and oxygen atoms in total. The summed E-state index contributed by atoms with van der Waals surface area (Å²) < 4.78 is 10.5. The zero-order valence-electron chi connectivity index (χ0n) is 14.4. The second-order valence-electron chi connectivity index (χ2n) is 6.27. The number of carbonyl (C=O) groups excluding carboxylic acids is 1. The minimum atomic E-state index is -0.114. The third-order valence-corrected chi connectivity index (χ3v) is 4.77. The SMILES string of the molecule is COc1ccc(CNC(=O)C(c2ccc(Cl)cc2)C2CC2)cc1OC. The molecule has 0 saturated heterocycles. The van der Waals surface area contributed by atoms with E-state index in [1.54, 1.807) is 14.2 Å².